The molecule has 2 aliphatic rings. The van der Waals surface area contributed by atoms with Gasteiger partial charge in [-0.3, -0.25) is 9.59 Å². The molecule has 1 unspecified atom stereocenters. The Morgan fingerprint density at radius 2 is 1.79 bits per heavy atom. The third-order valence-corrected chi connectivity index (χ3v) is 8.41. The number of carbonyl (C=O) groups is 2. The van der Waals surface area contributed by atoms with Gasteiger partial charge in [0.25, 0.3) is 5.91 Å². The number of piperidine rings is 2. The molecular weight excluding hydrogens is 450 g/mol. The van der Waals surface area contributed by atoms with Crippen LogP contribution in [0.25, 0.3) is 0 Å². The van der Waals surface area contributed by atoms with E-state index in [1.807, 2.05) is 0 Å². The van der Waals surface area contributed by atoms with Gasteiger partial charge in [-0.25, -0.2) is 8.42 Å². The molecule has 1 N–H and O–H groups in total. The van der Waals surface area contributed by atoms with E-state index < -0.39 is 15.9 Å². The SMILES string of the molecule is Cc1cc(C(=O)NC2CCN(C(=O)C3CCCN(S(=O)(=O)c4c(C)noc4C)C3)CC2)no1. The summed E-state index contributed by atoms with van der Waals surface area (Å²) < 4.78 is 37.6. The highest BCUT2D eigenvalue weighted by Crippen LogP contribution is 2.29. The van der Waals surface area contributed by atoms with Gasteiger partial charge in [0.2, 0.25) is 15.9 Å². The number of carbonyl (C=O) groups excluding carboxylic acids is 2. The number of hydrogen-bond donors (Lipinski definition) is 1. The zero-order valence-corrected chi connectivity index (χ0v) is 19.9. The summed E-state index contributed by atoms with van der Waals surface area (Å²) >= 11 is 0. The lowest BCUT2D eigenvalue weighted by atomic mass is 9.96. The molecule has 2 fully saturated rings. The minimum atomic E-state index is -3.78. The van der Waals surface area contributed by atoms with Gasteiger partial charge in [0.1, 0.15) is 16.3 Å². The van der Waals surface area contributed by atoms with Crippen molar-refractivity contribution in [3.05, 3.63) is 29.0 Å². The summed E-state index contributed by atoms with van der Waals surface area (Å²) in [5.74, 6) is 0.109. The fourth-order valence-corrected chi connectivity index (χ4v) is 6.38. The first-order chi connectivity index (χ1) is 15.7. The fourth-order valence-electron chi connectivity index (χ4n) is 4.57. The van der Waals surface area contributed by atoms with Crippen LogP contribution in [0.4, 0.5) is 0 Å². The molecule has 11 nitrogen and oxygen atoms in total. The monoisotopic (exact) mass is 479 g/mol. The van der Waals surface area contributed by atoms with E-state index in [1.165, 1.54) is 4.31 Å². The molecule has 0 bridgehead atoms. The van der Waals surface area contributed by atoms with Crippen molar-refractivity contribution in [2.75, 3.05) is 26.2 Å². The second-order valence-electron chi connectivity index (χ2n) is 8.75. The number of aromatic nitrogens is 2. The van der Waals surface area contributed by atoms with Gasteiger partial charge in [0.05, 0.1) is 5.92 Å². The summed E-state index contributed by atoms with van der Waals surface area (Å²) in [7, 11) is -3.78. The molecular formula is C21H29N5O6S. The Morgan fingerprint density at radius 3 is 2.39 bits per heavy atom. The maximum absolute atomic E-state index is 13.2. The minimum absolute atomic E-state index is 0.0365. The van der Waals surface area contributed by atoms with Crippen molar-refractivity contribution >= 4 is 21.8 Å². The standard InChI is InChI=1S/C21H29N5O6S/c1-13-11-18(24-31-13)20(27)22-17-6-9-25(10-7-17)21(28)16-5-4-8-26(12-16)33(29,30)19-14(2)23-32-15(19)3/h11,16-17H,4-10,12H2,1-3H3,(H,22,27). The van der Waals surface area contributed by atoms with Crippen LogP contribution < -0.4 is 5.32 Å². The number of amides is 2. The molecule has 4 heterocycles. The van der Waals surface area contributed by atoms with E-state index in [9.17, 15) is 18.0 Å². The molecule has 0 radical (unpaired) electrons. The van der Waals surface area contributed by atoms with E-state index in [-0.39, 0.29) is 40.8 Å². The summed E-state index contributed by atoms with van der Waals surface area (Å²) in [5, 5.41) is 10.4. The average molecular weight is 480 g/mol. The zero-order valence-electron chi connectivity index (χ0n) is 19.0. The van der Waals surface area contributed by atoms with Gasteiger partial charge in [-0.05, 0) is 46.5 Å². The topological polar surface area (TPSA) is 139 Å². The van der Waals surface area contributed by atoms with E-state index >= 15 is 0 Å². The predicted molar refractivity (Wildman–Crippen MR) is 116 cm³/mol. The van der Waals surface area contributed by atoms with Gasteiger partial charge >= 0.3 is 0 Å². The summed E-state index contributed by atoms with van der Waals surface area (Å²) in [6, 6.07) is 1.53. The van der Waals surface area contributed by atoms with Crippen molar-refractivity contribution < 1.29 is 27.1 Å². The quantitative estimate of drug-likeness (QED) is 0.679. The van der Waals surface area contributed by atoms with E-state index in [1.54, 1.807) is 31.7 Å². The van der Waals surface area contributed by atoms with Crippen LogP contribution in [0.1, 0.15) is 53.4 Å². The van der Waals surface area contributed by atoms with E-state index in [2.05, 4.69) is 15.6 Å². The van der Waals surface area contributed by atoms with Crippen LogP contribution in [-0.2, 0) is 14.8 Å². The van der Waals surface area contributed by atoms with Crippen molar-refractivity contribution in [3.63, 3.8) is 0 Å². The number of sulfonamides is 1. The first-order valence-corrected chi connectivity index (χ1v) is 12.6. The molecule has 2 aromatic rings. The van der Waals surface area contributed by atoms with Crippen LogP contribution in [-0.4, -0.2) is 72.0 Å². The van der Waals surface area contributed by atoms with Crippen LogP contribution >= 0.6 is 0 Å². The average Bonchev–Trinajstić information content (AvgIpc) is 3.39. The summed E-state index contributed by atoms with van der Waals surface area (Å²) in [4.78, 5) is 27.3. The van der Waals surface area contributed by atoms with Gasteiger partial charge in [-0.2, -0.15) is 4.31 Å². The number of nitrogens with one attached hydrogen (secondary N) is 1. The molecule has 4 rings (SSSR count). The molecule has 0 aromatic carbocycles. The second-order valence-corrected chi connectivity index (χ2v) is 10.6. The number of aryl methyl sites for hydroxylation is 3. The number of rotatable bonds is 5. The van der Waals surface area contributed by atoms with Crippen LogP contribution in [0.5, 0.6) is 0 Å². The maximum atomic E-state index is 13.2. The fraction of sp³-hybridized carbons (Fsp3) is 0.619. The molecule has 2 saturated heterocycles. The summed E-state index contributed by atoms with van der Waals surface area (Å²) in [5.41, 5.74) is 0.568. The first kappa shape index (κ1) is 23.4. The van der Waals surface area contributed by atoms with Gasteiger partial charge in [0, 0.05) is 38.3 Å². The van der Waals surface area contributed by atoms with Crippen molar-refractivity contribution in [2.24, 2.45) is 5.92 Å². The Bertz CT molecular complexity index is 1110. The number of hydrogen-bond acceptors (Lipinski definition) is 8. The van der Waals surface area contributed by atoms with Crippen LogP contribution in [0.3, 0.4) is 0 Å². The van der Waals surface area contributed by atoms with E-state index in [0.717, 1.165) is 0 Å². The second kappa shape index (κ2) is 9.26. The molecule has 1 atom stereocenters. The van der Waals surface area contributed by atoms with Gasteiger partial charge < -0.3 is 19.3 Å². The minimum Gasteiger partial charge on any atom is -0.361 e. The predicted octanol–water partition coefficient (Wildman–Crippen LogP) is 1.41. The zero-order chi connectivity index (χ0) is 23.8. The number of likely N-dealkylation sites (tertiary alicyclic amines) is 1. The number of nitrogens with zero attached hydrogens (tertiary/aromatic N) is 4. The highest BCUT2D eigenvalue weighted by Gasteiger charge is 2.38. The molecule has 2 aliphatic heterocycles. The maximum Gasteiger partial charge on any atom is 0.273 e. The van der Waals surface area contributed by atoms with Gasteiger partial charge in [-0.15, -0.1) is 0 Å². The normalized spacial score (nSPS) is 20.7. The third-order valence-electron chi connectivity index (χ3n) is 6.30. The lowest BCUT2D eigenvalue weighted by Gasteiger charge is -2.37. The largest absolute Gasteiger partial charge is 0.361 e. The Hall–Kier alpha value is -2.73. The van der Waals surface area contributed by atoms with E-state index in [0.29, 0.717) is 56.8 Å². The van der Waals surface area contributed by atoms with Crippen LogP contribution in [0.15, 0.2) is 20.0 Å². The van der Waals surface area contributed by atoms with Crippen molar-refractivity contribution in [1.29, 1.82) is 0 Å². The molecule has 0 saturated carbocycles. The van der Waals surface area contributed by atoms with Crippen molar-refractivity contribution in [1.82, 2.24) is 24.8 Å². The molecule has 180 valence electrons. The highest BCUT2D eigenvalue weighted by molar-refractivity contribution is 7.89. The van der Waals surface area contributed by atoms with E-state index in [4.69, 9.17) is 9.05 Å². The summed E-state index contributed by atoms with van der Waals surface area (Å²) in [6.07, 6.45) is 2.52. The smallest absolute Gasteiger partial charge is 0.273 e. The molecule has 2 aromatic heterocycles. The molecule has 0 spiro atoms. The third kappa shape index (κ3) is 4.81. The Labute approximate surface area is 192 Å². The Morgan fingerprint density at radius 1 is 1.06 bits per heavy atom. The lowest BCUT2D eigenvalue weighted by Crippen LogP contribution is -2.51. The molecule has 2 amide bonds. The lowest BCUT2D eigenvalue weighted by molar-refractivity contribution is -0.137. The van der Waals surface area contributed by atoms with Gasteiger partial charge in [-0.1, -0.05) is 10.3 Å². The molecule has 33 heavy (non-hydrogen) atoms. The van der Waals surface area contributed by atoms with Crippen LogP contribution in [0, 0.1) is 26.7 Å². The molecule has 0 aliphatic carbocycles. The highest BCUT2D eigenvalue weighted by atomic mass is 32.2. The van der Waals surface area contributed by atoms with Gasteiger partial charge in [0.15, 0.2) is 11.5 Å². The molecule has 12 heteroatoms. The Kier molecular flexibility index (Phi) is 6.57. The van der Waals surface area contributed by atoms with Crippen molar-refractivity contribution in [3.8, 4) is 0 Å². The first-order valence-electron chi connectivity index (χ1n) is 11.1. The summed E-state index contributed by atoms with van der Waals surface area (Å²) in [6.45, 7) is 6.43. The van der Waals surface area contributed by atoms with Crippen molar-refractivity contribution in [2.45, 2.75) is 57.4 Å². The van der Waals surface area contributed by atoms with Crippen LogP contribution in [0.2, 0.25) is 0 Å². The Balaban J connectivity index is 1.34.